The summed E-state index contributed by atoms with van der Waals surface area (Å²) in [5.41, 5.74) is -0.300. The molecule has 1 aromatic heterocycles. The van der Waals surface area contributed by atoms with Crippen molar-refractivity contribution in [1.29, 1.82) is 0 Å². The zero-order chi connectivity index (χ0) is 27.3. The Morgan fingerprint density at radius 1 is 1.05 bits per heavy atom. The molecule has 1 aliphatic heterocycles. The van der Waals surface area contributed by atoms with Crippen LogP contribution in [-0.4, -0.2) is 47.7 Å². The Balaban J connectivity index is 1.68. The monoisotopic (exact) mass is 570 g/mol. The third kappa shape index (κ3) is 6.07. The Morgan fingerprint density at radius 3 is 2.21 bits per heavy atom. The van der Waals surface area contributed by atoms with Crippen LogP contribution >= 0.6 is 23.5 Å². The van der Waals surface area contributed by atoms with E-state index in [1.807, 2.05) is 35.7 Å². The Hall–Kier alpha value is -2.04. The van der Waals surface area contributed by atoms with Crippen molar-refractivity contribution in [1.82, 2.24) is 9.55 Å². The lowest BCUT2D eigenvalue weighted by Gasteiger charge is -2.43. The molecule has 38 heavy (non-hydrogen) atoms. The maximum absolute atomic E-state index is 12.7. The average molecular weight is 571 g/mol. The van der Waals surface area contributed by atoms with Gasteiger partial charge in [0.1, 0.15) is 6.23 Å². The Kier molecular flexibility index (Phi) is 9.47. The summed E-state index contributed by atoms with van der Waals surface area (Å²) in [6, 6.07) is 21.2. The van der Waals surface area contributed by atoms with Gasteiger partial charge in [-0.05, 0) is 40.8 Å². The third-order valence-corrected chi connectivity index (χ3v) is 14.5. The van der Waals surface area contributed by atoms with E-state index in [4.69, 9.17) is 9.16 Å². The van der Waals surface area contributed by atoms with Gasteiger partial charge in [0.05, 0.1) is 12.7 Å². The van der Waals surface area contributed by atoms with Gasteiger partial charge in [0.2, 0.25) is 0 Å². The van der Waals surface area contributed by atoms with Crippen molar-refractivity contribution in [3.05, 3.63) is 93.3 Å². The minimum Gasteiger partial charge on any atom is -0.405 e. The van der Waals surface area contributed by atoms with E-state index in [1.54, 1.807) is 13.1 Å². The molecule has 1 fully saturated rings. The molecule has 0 saturated carbocycles. The number of aromatic amines is 1. The molecule has 4 rings (SSSR count). The van der Waals surface area contributed by atoms with Crippen LogP contribution in [0.15, 0.2) is 76.4 Å². The van der Waals surface area contributed by atoms with Crippen LogP contribution in [0.2, 0.25) is 5.04 Å². The minimum atomic E-state index is -2.72. The number of nitrogens with zero attached hydrogens (tertiary/aromatic N) is 1. The molecule has 1 saturated heterocycles. The van der Waals surface area contributed by atoms with Crippen molar-refractivity contribution >= 4 is 42.2 Å². The predicted octanol–water partition coefficient (Wildman–Crippen LogP) is 4.38. The molecule has 3 aromatic rings. The number of thioether (sulfide) groups is 2. The zero-order valence-electron chi connectivity index (χ0n) is 22.8. The minimum absolute atomic E-state index is 0.135. The summed E-state index contributed by atoms with van der Waals surface area (Å²) < 4.78 is 15.3. The number of nitrogens with one attached hydrogen (secondary N) is 1. The molecule has 2 aromatic carbocycles. The lowest BCUT2D eigenvalue weighted by atomic mass is 10.0. The van der Waals surface area contributed by atoms with E-state index in [2.05, 4.69) is 80.5 Å². The fourth-order valence-corrected chi connectivity index (χ4v) is 11.6. The van der Waals surface area contributed by atoms with E-state index < -0.39 is 20.2 Å². The van der Waals surface area contributed by atoms with Crippen LogP contribution in [0.25, 0.3) is 0 Å². The van der Waals surface area contributed by atoms with Gasteiger partial charge >= 0.3 is 5.69 Å². The topological polar surface area (TPSA) is 73.3 Å². The molecule has 0 bridgehead atoms. The van der Waals surface area contributed by atoms with Gasteiger partial charge in [-0.1, -0.05) is 81.4 Å². The van der Waals surface area contributed by atoms with Crippen LogP contribution < -0.4 is 21.6 Å². The second-order valence-corrected chi connectivity index (χ2v) is 17.4. The lowest BCUT2D eigenvalue weighted by Crippen LogP contribution is -2.67. The Bertz CT molecular complexity index is 1270. The van der Waals surface area contributed by atoms with Crippen LogP contribution in [0.4, 0.5) is 0 Å². The van der Waals surface area contributed by atoms with Gasteiger partial charge in [0.25, 0.3) is 13.9 Å². The molecule has 6 nitrogen and oxygen atoms in total. The maximum Gasteiger partial charge on any atom is 0.330 e. The molecule has 1 N–H and O–H groups in total. The summed E-state index contributed by atoms with van der Waals surface area (Å²) in [6.45, 7) is 8.95. The van der Waals surface area contributed by atoms with Gasteiger partial charge in [-0.2, -0.15) is 23.5 Å². The first-order valence-electron chi connectivity index (χ1n) is 13.0. The van der Waals surface area contributed by atoms with E-state index in [9.17, 15) is 9.59 Å². The molecule has 1 aliphatic rings. The van der Waals surface area contributed by atoms with Crippen LogP contribution in [0.3, 0.4) is 0 Å². The fourth-order valence-electron chi connectivity index (χ4n) is 5.36. The molecule has 0 amide bonds. The molecule has 204 valence electrons. The zero-order valence-corrected chi connectivity index (χ0v) is 25.4. The largest absolute Gasteiger partial charge is 0.405 e. The highest BCUT2D eigenvalue weighted by molar-refractivity contribution is 8.15. The number of aryl methyl sites for hydroxylation is 1. The Labute approximate surface area is 234 Å². The number of rotatable bonds is 10. The highest BCUT2D eigenvalue weighted by atomic mass is 32.2. The molecule has 9 heteroatoms. The number of hydrogen-bond donors (Lipinski definition) is 1. The molecule has 0 aliphatic carbocycles. The molecular formula is C29H38N2O4S2Si. The predicted molar refractivity (Wildman–Crippen MR) is 162 cm³/mol. The van der Waals surface area contributed by atoms with Gasteiger partial charge < -0.3 is 9.16 Å². The van der Waals surface area contributed by atoms with Crippen molar-refractivity contribution in [2.24, 2.45) is 5.92 Å². The van der Waals surface area contributed by atoms with E-state index in [0.29, 0.717) is 18.6 Å². The maximum atomic E-state index is 12.7. The first kappa shape index (κ1) is 29.0. The van der Waals surface area contributed by atoms with E-state index in [1.165, 1.54) is 14.9 Å². The van der Waals surface area contributed by atoms with Crippen molar-refractivity contribution in [3.63, 3.8) is 0 Å². The molecule has 0 radical (unpaired) electrons. The van der Waals surface area contributed by atoms with Crippen LogP contribution in [0.5, 0.6) is 0 Å². The van der Waals surface area contributed by atoms with Crippen LogP contribution in [-0.2, 0) is 9.16 Å². The number of aromatic nitrogens is 2. The number of H-pyrrole nitrogens is 1. The first-order valence-corrected chi connectivity index (χ1v) is 17.4. The smallest absolute Gasteiger partial charge is 0.330 e. The summed E-state index contributed by atoms with van der Waals surface area (Å²) in [5, 5.41) is 3.33. The van der Waals surface area contributed by atoms with Crippen molar-refractivity contribution in [2.45, 2.75) is 51.5 Å². The van der Waals surface area contributed by atoms with Gasteiger partial charge in [-0.15, -0.1) is 0 Å². The second kappa shape index (κ2) is 12.4. The first-order chi connectivity index (χ1) is 18.2. The fraction of sp³-hybridized carbons (Fsp3) is 0.448. The van der Waals surface area contributed by atoms with Gasteiger partial charge in [-0.25, -0.2) is 4.79 Å². The SMILES string of the molecule is CSCSCC1C[C@H](n2cc(C)c(=O)[nH]c2=O)O[C@@H]1CO[Si](c1ccccc1)(c1ccccc1)C(C)(C)C. The molecule has 1 unspecified atom stereocenters. The van der Waals surface area contributed by atoms with Gasteiger partial charge in [0, 0.05) is 22.8 Å². The number of ether oxygens (including phenoxy) is 1. The van der Waals surface area contributed by atoms with Crippen LogP contribution in [0.1, 0.15) is 39.0 Å². The van der Waals surface area contributed by atoms with E-state index in [0.717, 1.165) is 10.8 Å². The summed E-state index contributed by atoms with van der Waals surface area (Å²) >= 11 is 3.69. The quantitative estimate of drug-likeness (QED) is 0.222. The summed E-state index contributed by atoms with van der Waals surface area (Å²) in [4.78, 5) is 27.0. The van der Waals surface area contributed by atoms with Crippen LogP contribution in [0, 0.1) is 12.8 Å². The summed E-state index contributed by atoms with van der Waals surface area (Å²) in [7, 11) is -2.72. The highest BCUT2D eigenvalue weighted by Gasteiger charge is 2.51. The van der Waals surface area contributed by atoms with Gasteiger partial charge in [0.15, 0.2) is 0 Å². The summed E-state index contributed by atoms with van der Waals surface area (Å²) in [5.74, 6) is 1.14. The normalized spacial score (nSPS) is 20.1. The van der Waals surface area contributed by atoms with Gasteiger partial charge in [-0.3, -0.25) is 14.3 Å². The number of benzene rings is 2. The highest BCUT2D eigenvalue weighted by Crippen LogP contribution is 2.40. The molecule has 2 heterocycles. The lowest BCUT2D eigenvalue weighted by molar-refractivity contribution is -0.0278. The average Bonchev–Trinajstić information content (AvgIpc) is 3.30. The Morgan fingerprint density at radius 2 is 1.66 bits per heavy atom. The molecule has 0 spiro atoms. The van der Waals surface area contributed by atoms with Crippen molar-refractivity contribution in [2.75, 3.05) is 23.7 Å². The standard InChI is InChI=1S/C29H38N2O4S2Si/c1-21-17-31(28(33)30-27(21)32)26-16-22(19-37-20-36-5)25(35-26)18-34-38(29(2,3)4,23-12-8-6-9-13-23)24-14-10-7-11-15-24/h6-15,17,22,25-26H,16,18-20H2,1-5H3,(H,30,32,33)/t22?,25-,26-/m1/s1. The third-order valence-electron chi connectivity index (χ3n) is 7.23. The van der Waals surface area contributed by atoms with Crippen molar-refractivity contribution in [3.8, 4) is 0 Å². The molecule has 3 atom stereocenters. The second-order valence-electron chi connectivity index (χ2n) is 10.9. The van der Waals surface area contributed by atoms with Crippen molar-refractivity contribution < 1.29 is 9.16 Å². The summed E-state index contributed by atoms with van der Waals surface area (Å²) in [6.07, 6.45) is 3.80. The van der Waals surface area contributed by atoms with E-state index >= 15 is 0 Å². The molecular weight excluding hydrogens is 533 g/mol. The van der Waals surface area contributed by atoms with E-state index in [-0.39, 0.29) is 22.6 Å². The number of hydrogen-bond acceptors (Lipinski definition) is 6.